The predicted octanol–water partition coefficient (Wildman–Crippen LogP) is 4.32. The summed E-state index contributed by atoms with van der Waals surface area (Å²) in [5.74, 6) is 0. The molecule has 3 aromatic rings. The lowest BCUT2D eigenvalue weighted by atomic mass is 10.1. The molecule has 0 saturated heterocycles. The van der Waals surface area contributed by atoms with Crippen molar-refractivity contribution in [2.24, 2.45) is 0 Å². The largest absolute Gasteiger partial charge is 0.314 e. The fourth-order valence-corrected chi connectivity index (χ4v) is 2.82. The van der Waals surface area contributed by atoms with Crippen LogP contribution in [0.1, 0.15) is 5.56 Å². The lowest BCUT2D eigenvalue weighted by molar-refractivity contribution is 0.716. The highest BCUT2D eigenvalue weighted by Crippen LogP contribution is 2.25. The van der Waals surface area contributed by atoms with Gasteiger partial charge in [-0.25, -0.2) is 4.98 Å². The quantitative estimate of drug-likeness (QED) is 0.662. The maximum Gasteiger partial charge on any atom is 0.168 e. The number of hydrogen-bond donors (Lipinski definition) is 0. The molecule has 0 spiro atoms. The molecule has 20 heavy (non-hydrogen) atoms. The van der Waals surface area contributed by atoms with Crippen LogP contribution in [0.4, 0.5) is 0 Å². The van der Waals surface area contributed by atoms with Crippen molar-refractivity contribution in [3.05, 3.63) is 72.4 Å². The van der Waals surface area contributed by atoms with Gasteiger partial charge >= 0.3 is 0 Å². The van der Waals surface area contributed by atoms with Gasteiger partial charge in [0, 0.05) is 0 Å². The molecule has 0 unspecified atom stereocenters. The number of rotatable bonds is 4. The Morgan fingerprint density at radius 3 is 2.25 bits per heavy atom. The molecule has 0 radical (unpaired) electrons. The molecule has 0 aliphatic heterocycles. The van der Waals surface area contributed by atoms with E-state index in [1.54, 1.807) is 11.8 Å². The highest BCUT2D eigenvalue weighted by molar-refractivity contribution is 7.98. The fraction of sp³-hybridized carbons (Fsp3) is 0.118. The number of benzene rings is 2. The Morgan fingerprint density at radius 1 is 0.950 bits per heavy atom. The molecule has 1 aromatic heterocycles. The molecular weight excluding hydrogens is 264 g/mol. The zero-order valence-electron chi connectivity index (χ0n) is 11.4. The van der Waals surface area contributed by atoms with E-state index in [0.717, 1.165) is 11.7 Å². The van der Waals surface area contributed by atoms with Crippen LogP contribution in [0, 0.1) is 0 Å². The van der Waals surface area contributed by atoms with E-state index in [0.29, 0.717) is 0 Å². The Bertz CT molecular complexity index is 675. The molecule has 0 N–H and O–H groups in total. The first kappa shape index (κ1) is 13.0. The molecule has 2 nitrogen and oxygen atoms in total. The number of nitrogens with zero attached hydrogens (tertiary/aromatic N) is 2. The van der Waals surface area contributed by atoms with Crippen molar-refractivity contribution >= 4 is 11.8 Å². The molecule has 0 saturated carbocycles. The molecule has 0 fully saturated rings. The zero-order chi connectivity index (χ0) is 13.8. The summed E-state index contributed by atoms with van der Waals surface area (Å²) < 4.78 is 2.27. The summed E-state index contributed by atoms with van der Waals surface area (Å²) >= 11 is 1.68. The highest BCUT2D eigenvalue weighted by Gasteiger charge is 2.11. The number of aromatic nitrogens is 2. The highest BCUT2D eigenvalue weighted by atomic mass is 32.2. The van der Waals surface area contributed by atoms with Crippen LogP contribution in [-0.4, -0.2) is 15.8 Å². The van der Waals surface area contributed by atoms with E-state index in [-0.39, 0.29) is 0 Å². The van der Waals surface area contributed by atoms with Gasteiger partial charge in [-0.1, -0.05) is 72.4 Å². The standard InChI is InChI=1S/C17H16N2S/c1-20-17-18-12-16(15-10-6-3-7-11-15)19(17)13-14-8-4-2-5-9-14/h2-12H,13H2,1H3. The van der Waals surface area contributed by atoms with Crippen LogP contribution in [0.15, 0.2) is 72.0 Å². The molecule has 100 valence electrons. The Kier molecular flexibility index (Phi) is 3.88. The minimum atomic E-state index is 0.848. The van der Waals surface area contributed by atoms with E-state index in [1.807, 2.05) is 18.3 Å². The number of imidazole rings is 1. The molecule has 0 atom stereocenters. The molecule has 0 bridgehead atoms. The third kappa shape index (κ3) is 2.63. The SMILES string of the molecule is CSc1ncc(-c2ccccc2)n1Cc1ccccc1. The van der Waals surface area contributed by atoms with Crippen molar-refractivity contribution in [1.29, 1.82) is 0 Å². The third-order valence-corrected chi connectivity index (χ3v) is 3.95. The lowest BCUT2D eigenvalue weighted by Crippen LogP contribution is -2.03. The van der Waals surface area contributed by atoms with E-state index < -0.39 is 0 Å². The normalized spacial score (nSPS) is 10.7. The Morgan fingerprint density at radius 2 is 1.60 bits per heavy atom. The summed E-state index contributed by atoms with van der Waals surface area (Å²) in [5, 5.41) is 1.05. The second-order valence-corrected chi connectivity index (χ2v) is 5.34. The van der Waals surface area contributed by atoms with Gasteiger partial charge in [0.25, 0.3) is 0 Å². The summed E-state index contributed by atoms with van der Waals surface area (Å²) in [6, 6.07) is 20.9. The molecule has 1 heterocycles. The number of hydrogen-bond acceptors (Lipinski definition) is 2. The molecule has 2 aromatic carbocycles. The second-order valence-electron chi connectivity index (χ2n) is 4.57. The van der Waals surface area contributed by atoms with E-state index in [1.165, 1.54) is 16.8 Å². The van der Waals surface area contributed by atoms with E-state index >= 15 is 0 Å². The van der Waals surface area contributed by atoms with Crippen LogP contribution in [0.3, 0.4) is 0 Å². The van der Waals surface area contributed by atoms with Crippen LogP contribution < -0.4 is 0 Å². The maximum atomic E-state index is 4.53. The molecule has 0 aliphatic rings. The average Bonchev–Trinajstić information content (AvgIpc) is 2.92. The van der Waals surface area contributed by atoms with Crippen molar-refractivity contribution in [1.82, 2.24) is 9.55 Å². The summed E-state index contributed by atoms with van der Waals surface area (Å²) in [4.78, 5) is 4.53. The summed E-state index contributed by atoms with van der Waals surface area (Å²) in [7, 11) is 0. The first-order valence-corrected chi connectivity index (χ1v) is 7.80. The van der Waals surface area contributed by atoms with Gasteiger partial charge in [-0.2, -0.15) is 0 Å². The maximum absolute atomic E-state index is 4.53. The summed E-state index contributed by atoms with van der Waals surface area (Å²) in [5.41, 5.74) is 3.66. The molecular formula is C17H16N2S. The van der Waals surface area contributed by atoms with Gasteiger partial charge in [0.15, 0.2) is 5.16 Å². The van der Waals surface area contributed by atoms with Gasteiger partial charge in [0.1, 0.15) is 0 Å². The van der Waals surface area contributed by atoms with Crippen LogP contribution in [-0.2, 0) is 6.54 Å². The third-order valence-electron chi connectivity index (χ3n) is 3.25. The van der Waals surface area contributed by atoms with Crippen LogP contribution >= 0.6 is 11.8 Å². The summed E-state index contributed by atoms with van der Waals surface area (Å²) in [6.45, 7) is 0.848. The first-order chi connectivity index (χ1) is 9.88. The van der Waals surface area contributed by atoms with Gasteiger partial charge in [0.05, 0.1) is 18.4 Å². The van der Waals surface area contributed by atoms with Crippen molar-refractivity contribution in [3.8, 4) is 11.3 Å². The number of thioether (sulfide) groups is 1. The zero-order valence-corrected chi connectivity index (χ0v) is 12.2. The van der Waals surface area contributed by atoms with Crippen molar-refractivity contribution in [2.75, 3.05) is 6.26 Å². The summed E-state index contributed by atoms with van der Waals surface area (Å²) in [6.07, 6.45) is 4.03. The lowest BCUT2D eigenvalue weighted by Gasteiger charge is -2.11. The van der Waals surface area contributed by atoms with E-state index in [9.17, 15) is 0 Å². The molecule has 3 heteroatoms. The van der Waals surface area contributed by atoms with Crippen molar-refractivity contribution in [2.45, 2.75) is 11.7 Å². The van der Waals surface area contributed by atoms with Gasteiger partial charge in [0.2, 0.25) is 0 Å². The minimum Gasteiger partial charge on any atom is -0.314 e. The van der Waals surface area contributed by atoms with Gasteiger partial charge in [-0.3, -0.25) is 0 Å². The Balaban J connectivity index is 2.02. The topological polar surface area (TPSA) is 17.8 Å². The minimum absolute atomic E-state index is 0.848. The molecule has 0 amide bonds. The van der Waals surface area contributed by atoms with Crippen molar-refractivity contribution < 1.29 is 0 Å². The Labute approximate surface area is 123 Å². The van der Waals surface area contributed by atoms with Gasteiger partial charge in [-0.15, -0.1) is 0 Å². The first-order valence-electron chi connectivity index (χ1n) is 6.57. The molecule has 0 aliphatic carbocycles. The van der Waals surface area contributed by atoms with Gasteiger partial charge in [-0.05, 0) is 17.4 Å². The fourth-order valence-electron chi connectivity index (χ4n) is 2.28. The average molecular weight is 280 g/mol. The van der Waals surface area contributed by atoms with Crippen molar-refractivity contribution in [3.63, 3.8) is 0 Å². The van der Waals surface area contributed by atoms with E-state index in [2.05, 4.69) is 64.3 Å². The molecule has 3 rings (SSSR count). The van der Waals surface area contributed by atoms with E-state index in [4.69, 9.17) is 0 Å². The smallest absolute Gasteiger partial charge is 0.168 e. The predicted molar refractivity (Wildman–Crippen MR) is 85.0 cm³/mol. The second kappa shape index (κ2) is 5.97. The Hall–Kier alpha value is -2.00. The monoisotopic (exact) mass is 280 g/mol. The van der Waals surface area contributed by atoms with Crippen LogP contribution in [0.25, 0.3) is 11.3 Å². The van der Waals surface area contributed by atoms with Crippen LogP contribution in [0.2, 0.25) is 0 Å². The van der Waals surface area contributed by atoms with Gasteiger partial charge < -0.3 is 4.57 Å². The van der Waals surface area contributed by atoms with Crippen LogP contribution in [0.5, 0.6) is 0 Å².